The van der Waals surface area contributed by atoms with Gasteiger partial charge in [-0.2, -0.15) is 4.58 Å². The molecule has 3 rings (SSSR count). The Morgan fingerprint density at radius 3 is 2.65 bits per heavy atom. The van der Waals surface area contributed by atoms with Gasteiger partial charge in [-0.25, -0.2) is 0 Å². The fourth-order valence-corrected chi connectivity index (χ4v) is 5.25. The number of allylic oxidation sites excluding steroid dienone is 7. The Kier molecular flexibility index (Phi) is 5.71. The molecule has 1 nitrogen and oxygen atoms in total. The molecule has 0 saturated carbocycles. The molecule has 1 heterocycles. The maximum absolute atomic E-state index is 3.87. The molecule has 0 spiro atoms. The average Bonchev–Trinajstić information content (AvgIpc) is 3.09. The van der Waals surface area contributed by atoms with Crippen LogP contribution in [-0.2, 0) is 5.41 Å². The molecule has 0 aromatic heterocycles. The van der Waals surface area contributed by atoms with E-state index in [1.165, 1.54) is 39.2 Å². The smallest absolute Gasteiger partial charge is 0.195 e. The summed E-state index contributed by atoms with van der Waals surface area (Å²) in [6.07, 6.45) is 11.1. The second-order valence-electron chi connectivity index (χ2n) is 7.67. The van der Waals surface area contributed by atoms with Gasteiger partial charge in [-0.05, 0) is 63.3 Å². The van der Waals surface area contributed by atoms with Gasteiger partial charge in [0.25, 0.3) is 0 Å². The van der Waals surface area contributed by atoms with Crippen molar-refractivity contribution in [1.29, 1.82) is 0 Å². The van der Waals surface area contributed by atoms with Crippen LogP contribution < -0.4 is 0 Å². The maximum Gasteiger partial charge on any atom is 0.209 e. The van der Waals surface area contributed by atoms with Crippen molar-refractivity contribution in [1.82, 2.24) is 0 Å². The first-order valence-electron chi connectivity index (χ1n) is 9.48. The van der Waals surface area contributed by atoms with Gasteiger partial charge in [-0.1, -0.05) is 59.0 Å². The normalized spacial score (nSPS) is 20.6. The van der Waals surface area contributed by atoms with Gasteiger partial charge in [0, 0.05) is 22.1 Å². The lowest BCUT2D eigenvalue weighted by Crippen LogP contribution is -2.27. The number of alkyl halides is 1. The molecule has 0 atom stereocenters. The Hall–Kier alpha value is -1.42. The molecule has 1 aromatic rings. The van der Waals surface area contributed by atoms with Crippen molar-refractivity contribution >= 4 is 34.0 Å². The molecule has 0 N–H and O–H groups in total. The summed E-state index contributed by atoms with van der Waals surface area (Å²) < 4.78 is 3.54. The molecule has 0 saturated heterocycles. The van der Waals surface area contributed by atoms with E-state index in [2.05, 4.69) is 97.9 Å². The standard InChI is InChI=1S/C24H29IN/c1-6-8-18-10-11-19(20(18)16-25)12-14-23-24(4,5)21-15-17(3)9-13-22(21)26(23)7-2/h6,8-9,12-15H,1,7,10-11,16H2,2-5H3/q+1/b14-12+,18-8+. The maximum atomic E-state index is 3.87. The Morgan fingerprint density at radius 2 is 2.00 bits per heavy atom. The number of nitrogens with zero attached hydrogens (tertiary/aromatic N) is 1. The van der Waals surface area contributed by atoms with Gasteiger partial charge in [0.2, 0.25) is 5.69 Å². The second kappa shape index (κ2) is 7.67. The van der Waals surface area contributed by atoms with Crippen molar-refractivity contribution in [3.05, 3.63) is 76.9 Å². The van der Waals surface area contributed by atoms with Crippen LogP contribution in [0.15, 0.2) is 65.8 Å². The van der Waals surface area contributed by atoms with Crippen LogP contribution in [-0.4, -0.2) is 21.3 Å². The fourth-order valence-electron chi connectivity index (χ4n) is 4.27. The lowest BCUT2D eigenvalue weighted by Gasteiger charge is -2.16. The number of halogens is 1. The van der Waals surface area contributed by atoms with Gasteiger partial charge in [-0.15, -0.1) is 0 Å². The third-order valence-corrected chi connectivity index (χ3v) is 6.46. The summed E-state index contributed by atoms with van der Waals surface area (Å²) in [6.45, 7) is 14.0. The SMILES string of the molecule is C=C/C=C1\CCC(/C=C/C2=[N+](CC)c3ccc(C)cc3C2(C)C)=C1CI. The first-order chi connectivity index (χ1) is 12.4. The van der Waals surface area contributed by atoms with E-state index in [0.29, 0.717) is 0 Å². The summed E-state index contributed by atoms with van der Waals surface area (Å²) in [5.74, 6) is 0. The van der Waals surface area contributed by atoms with Crippen molar-refractivity contribution in [2.24, 2.45) is 0 Å². The number of hydrogen-bond donors (Lipinski definition) is 0. The van der Waals surface area contributed by atoms with Crippen LogP contribution in [0.1, 0.15) is 44.7 Å². The van der Waals surface area contributed by atoms with Crippen molar-refractivity contribution in [2.75, 3.05) is 11.0 Å². The minimum atomic E-state index is 0.0390. The summed E-state index contributed by atoms with van der Waals surface area (Å²) in [4.78, 5) is 0. The molecule has 0 fully saturated rings. The largest absolute Gasteiger partial charge is 0.209 e. The zero-order valence-electron chi connectivity index (χ0n) is 16.4. The highest BCUT2D eigenvalue weighted by Gasteiger charge is 2.43. The monoisotopic (exact) mass is 458 g/mol. The fraction of sp³-hybridized carbons (Fsp3) is 0.375. The molecule has 2 heteroatoms. The van der Waals surface area contributed by atoms with Crippen molar-refractivity contribution in [3.8, 4) is 0 Å². The molecule has 26 heavy (non-hydrogen) atoms. The summed E-state index contributed by atoms with van der Waals surface area (Å²) in [5.41, 5.74) is 10.0. The Balaban J connectivity index is 2.04. The molecule has 2 aliphatic rings. The van der Waals surface area contributed by atoms with Gasteiger partial charge >= 0.3 is 0 Å². The topological polar surface area (TPSA) is 3.01 Å². The van der Waals surface area contributed by atoms with Crippen molar-refractivity contribution in [3.63, 3.8) is 0 Å². The number of fused-ring (bicyclic) bond motifs is 1. The predicted molar refractivity (Wildman–Crippen MR) is 122 cm³/mol. The lowest BCUT2D eigenvalue weighted by atomic mass is 9.80. The van der Waals surface area contributed by atoms with Gasteiger partial charge < -0.3 is 0 Å². The van der Waals surface area contributed by atoms with Crippen LogP contribution >= 0.6 is 22.6 Å². The first kappa shape index (κ1) is 19.3. The van der Waals surface area contributed by atoms with Gasteiger partial charge in [-0.3, -0.25) is 0 Å². The second-order valence-corrected chi connectivity index (χ2v) is 8.44. The predicted octanol–water partition coefficient (Wildman–Crippen LogP) is 6.59. The number of rotatable bonds is 5. The lowest BCUT2D eigenvalue weighted by molar-refractivity contribution is -0.433. The van der Waals surface area contributed by atoms with Crippen LogP contribution in [0.2, 0.25) is 0 Å². The van der Waals surface area contributed by atoms with Crippen molar-refractivity contribution < 1.29 is 4.58 Å². The van der Waals surface area contributed by atoms with E-state index in [1.807, 2.05) is 6.08 Å². The number of benzene rings is 1. The summed E-state index contributed by atoms with van der Waals surface area (Å²) >= 11 is 2.49. The van der Waals surface area contributed by atoms with Crippen LogP contribution in [0.3, 0.4) is 0 Å². The minimum Gasteiger partial charge on any atom is -0.195 e. The van der Waals surface area contributed by atoms with E-state index in [-0.39, 0.29) is 5.41 Å². The van der Waals surface area contributed by atoms with Crippen LogP contribution in [0.25, 0.3) is 0 Å². The van der Waals surface area contributed by atoms with Crippen LogP contribution in [0.5, 0.6) is 0 Å². The zero-order chi connectivity index (χ0) is 18.9. The third kappa shape index (κ3) is 3.28. The van der Waals surface area contributed by atoms with E-state index in [9.17, 15) is 0 Å². The summed E-state index contributed by atoms with van der Waals surface area (Å²) in [7, 11) is 0. The van der Waals surface area contributed by atoms with E-state index < -0.39 is 0 Å². The van der Waals surface area contributed by atoms with Gasteiger partial charge in [0.05, 0.1) is 5.41 Å². The molecule has 1 aromatic carbocycles. The van der Waals surface area contributed by atoms with E-state index in [4.69, 9.17) is 0 Å². The highest BCUT2D eigenvalue weighted by molar-refractivity contribution is 14.1. The van der Waals surface area contributed by atoms with E-state index in [0.717, 1.165) is 23.8 Å². The molecule has 136 valence electrons. The molecule has 0 bridgehead atoms. The zero-order valence-corrected chi connectivity index (χ0v) is 18.6. The van der Waals surface area contributed by atoms with E-state index in [1.54, 1.807) is 0 Å². The minimum absolute atomic E-state index is 0.0390. The van der Waals surface area contributed by atoms with Crippen LogP contribution in [0.4, 0.5) is 5.69 Å². The highest BCUT2D eigenvalue weighted by Crippen LogP contribution is 2.41. The Bertz CT molecular complexity index is 862. The molecule has 1 aliphatic heterocycles. The third-order valence-electron chi connectivity index (χ3n) is 5.70. The van der Waals surface area contributed by atoms with Crippen LogP contribution in [0, 0.1) is 6.92 Å². The highest BCUT2D eigenvalue weighted by atomic mass is 127. The Morgan fingerprint density at radius 1 is 1.23 bits per heavy atom. The summed E-state index contributed by atoms with van der Waals surface area (Å²) in [6, 6.07) is 6.87. The molecule has 1 aliphatic carbocycles. The molecule has 0 radical (unpaired) electrons. The van der Waals surface area contributed by atoms with Gasteiger partial charge in [0.15, 0.2) is 5.71 Å². The van der Waals surface area contributed by atoms with Gasteiger partial charge in [0.1, 0.15) is 6.54 Å². The first-order valence-corrected chi connectivity index (χ1v) is 11.0. The Labute approximate surface area is 172 Å². The molecular weight excluding hydrogens is 429 g/mol. The number of aryl methyl sites for hydroxylation is 1. The quantitative estimate of drug-likeness (QED) is 0.266. The molecule has 0 amide bonds. The summed E-state index contributed by atoms with van der Waals surface area (Å²) in [5, 5.41) is 0. The molecule has 0 unspecified atom stereocenters. The number of hydrogen-bond acceptors (Lipinski definition) is 0. The average molecular weight is 458 g/mol. The molecular formula is C24H29IN+. The van der Waals surface area contributed by atoms with Crippen molar-refractivity contribution in [2.45, 2.75) is 46.0 Å². The van der Waals surface area contributed by atoms with E-state index >= 15 is 0 Å².